The number of thiophene rings is 1. The lowest BCUT2D eigenvalue weighted by Crippen LogP contribution is -2.53. The molecule has 230 valence electrons. The number of rotatable bonds is 13. The van der Waals surface area contributed by atoms with Gasteiger partial charge in [-0.1, -0.05) is 56.3 Å². The fourth-order valence-corrected chi connectivity index (χ4v) is 6.91. The smallest absolute Gasteiger partial charge is 0.259 e. The van der Waals surface area contributed by atoms with Gasteiger partial charge in [-0.25, -0.2) is 0 Å². The molecule has 2 aromatic carbocycles. The summed E-state index contributed by atoms with van der Waals surface area (Å²) in [5.41, 5.74) is 7.95. The van der Waals surface area contributed by atoms with E-state index in [1.165, 1.54) is 11.3 Å². The minimum Gasteiger partial charge on any atom is -0.394 e. The Kier molecular flexibility index (Phi) is 10.9. The predicted octanol–water partition coefficient (Wildman–Crippen LogP) is 3.56. The van der Waals surface area contributed by atoms with E-state index in [4.69, 9.17) is 5.73 Å². The number of piperidine rings is 1. The van der Waals surface area contributed by atoms with Crippen molar-refractivity contribution in [3.63, 3.8) is 0 Å². The normalized spacial score (nSPS) is 17.2. The van der Waals surface area contributed by atoms with Gasteiger partial charge in [-0.3, -0.25) is 19.2 Å². The van der Waals surface area contributed by atoms with Gasteiger partial charge in [0.2, 0.25) is 17.7 Å². The zero-order valence-electron chi connectivity index (χ0n) is 25.0. The maximum atomic E-state index is 14.1. The molecule has 43 heavy (non-hydrogen) atoms. The molecule has 1 fully saturated rings. The van der Waals surface area contributed by atoms with E-state index in [2.05, 4.69) is 16.0 Å². The average Bonchev–Trinajstić information content (AvgIpc) is 3.36. The third kappa shape index (κ3) is 8.00. The van der Waals surface area contributed by atoms with Gasteiger partial charge in [-0.2, -0.15) is 0 Å². The Morgan fingerprint density at radius 3 is 2.51 bits per heavy atom. The SMILES string of the molecule is Cc1c([C@H](Cc2cccc3ccccc23)C(=O)N[C@@H](CC(C)C)C(=O)N[C@H](CO)C[C@@H]2CCCNC2=O)csc1C(N)=O. The quantitative estimate of drug-likeness (QED) is 0.202. The lowest BCUT2D eigenvalue weighted by Gasteiger charge is -2.28. The van der Waals surface area contributed by atoms with Gasteiger partial charge in [-0.05, 0) is 77.8 Å². The number of hydrogen-bond donors (Lipinski definition) is 5. The number of aliphatic hydroxyl groups excluding tert-OH is 1. The highest BCUT2D eigenvalue weighted by atomic mass is 32.1. The first kappa shape index (κ1) is 32.2. The van der Waals surface area contributed by atoms with Gasteiger partial charge >= 0.3 is 0 Å². The molecule has 0 bridgehead atoms. The number of hydrogen-bond acceptors (Lipinski definition) is 6. The summed E-state index contributed by atoms with van der Waals surface area (Å²) >= 11 is 1.21. The van der Waals surface area contributed by atoms with Crippen LogP contribution in [0.3, 0.4) is 0 Å². The monoisotopic (exact) mass is 606 g/mol. The second kappa shape index (κ2) is 14.6. The van der Waals surface area contributed by atoms with Gasteiger partial charge in [0.05, 0.1) is 23.4 Å². The third-order valence-corrected chi connectivity index (χ3v) is 9.29. The van der Waals surface area contributed by atoms with Gasteiger partial charge in [0.15, 0.2) is 0 Å². The van der Waals surface area contributed by atoms with Crippen molar-refractivity contribution in [1.29, 1.82) is 0 Å². The summed E-state index contributed by atoms with van der Waals surface area (Å²) in [4.78, 5) is 52.4. The van der Waals surface area contributed by atoms with E-state index in [0.717, 1.165) is 22.8 Å². The summed E-state index contributed by atoms with van der Waals surface area (Å²) < 4.78 is 0. The fraction of sp³-hybridized carbons (Fsp3) is 0.455. The van der Waals surface area contributed by atoms with Crippen LogP contribution in [-0.4, -0.2) is 54.0 Å². The molecule has 4 rings (SSSR count). The Labute approximate surface area is 256 Å². The number of carbonyl (C=O) groups excluding carboxylic acids is 4. The van der Waals surface area contributed by atoms with Crippen molar-refractivity contribution in [2.75, 3.05) is 13.2 Å². The summed E-state index contributed by atoms with van der Waals surface area (Å²) in [6.45, 7) is 6.06. The van der Waals surface area contributed by atoms with Crippen molar-refractivity contribution in [3.8, 4) is 0 Å². The maximum absolute atomic E-state index is 14.1. The molecule has 1 aliphatic rings. The third-order valence-electron chi connectivity index (χ3n) is 8.17. The first-order valence-electron chi connectivity index (χ1n) is 14.9. The number of nitrogens with two attached hydrogens (primary N) is 1. The zero-order chi connectivity index (χ0) is 31.1. The van der Waals surface area contributed by atoms with Crippen molar-refractivity contribution in [2.24, 2.45) is 17.6 Å². The lowest BCUT2D eigenvalue weighted by atomic mass is 9.87. The second-order valence-corrected chi connectivity index (χ2v) is 12.7. The molecule has 1 aromatic heterocycles. The molecule has 10 heteroatoms. The van der Waals surface area contributed by atoms with Crippen LogP contribution >= 0.6 is 11.3 Å². The topological polar surface area (TPSA) is 151 Å². The Balaban J connectivity index is 1.60. The molecule has 4 atom stereocenters. The number of nitrogens with one attached hydrogen (secondary N) is 3. The van der Waals surface area contributed by atoms with Gasteiger partial charge in [0, 0.05) is 12.5 Å². The van der Waals surface area contributed by atoms with Crippen molar-refractivity contribution >= 4 is 45.7 Å². The van der Waals surface area contributed by atoms with Crippen molar-refractivity contribution in [3.05, 3.63) is 69.4 Å². The standard InChI is InChI=1S/C33H42N4O5S/c1-19(2)14-28(33(42)36-24(17-38)15-23-11-7-13-35-31(23)40)37-32(41)26(27-18-43-29(20(27)3)30(34)39)16-22-10-6-9-21-8-4-5-12-25(21)22/h4-6,8-10,12,18-19,23-24,26,28,38H,7,11,13-17H2,1-3H3,(H2,34,39)(H,35,40)(H,36,42)(H,37,41)/t23-,24-,26-,28-/m0/s1. The highest BCUT2D eigenvalue weighted by Gasteiger charge is 2.32. The Morgan fingerprint density at radius 2 is 1.84 bits per heavy atom. The number of benzene rings is 2. The van der Waals surface area contributed by atoms with Crippen LogP contribution < -0.4 is 21.7 Å². The van der Waals surface area contributed by atoms with Crippen LogP contribution in [0.25, 0.3) is 10.8 Å². The van der Waals surface area contributed by atoms with E-state index < -0.39 is 29.8 Å². The van der Waals surface area contributed by atoms with E-state index in [1.54, 1.807) is 12.3 Å². The molecular weight excluding hydrogens is 564 g/mol. The van der Waals surface area contributed by atoms with Crippen LogP contribution in [0.2, 0.25) is 0 Å². The molecular formula is C33H42N4O5S. The summed E-state index contributed by atoms with van der Waals surface area (Å²) in [7, 11) is 0. The van der Waals surface area contributed by atoms with Crippen LogP contribution in [0.15, 0.2) is 47.8 Å². The van der Waals surface area contributed by atoms with E-state index in [1.807, 2.05) is 56.3 Å². The number of amides is 4. The lowest BCUT2D eigenvalue weighted by molar-refractivity contribution is -0.131. The molecule has 0 unspecified atom stereocenters. The zero-order valence-corrected chi connectivity index (χ0v) is 25.8. The molecule has 3 aromatic rings. The minimum absolute atomic E-state index is 0.0660. The molecule has 1 aliphatic heterocycles. The molecule has 9 nitrogen and oxygen atoms in total. The fourth-order valence-electron chi connectivity index (χ4n) is 5.91. The number of fused-ring (bicyclic) bond motifs is 1. The minimum atomic E-state index is -0.855. The van der Waals surface area contributed by atoms with Gasteiger partial charge in [0.25, 0.3) is 5.91 Å². The predicted molar refractivity (Wildman–Crippen MR) is 169 cm³/mol. The molecule has 0 aliphatic carbocycles. The summed E-state index contributed by atoms with van der Waals surface area (Å²) in [5, 5.41) is 22.6. The largest absolute Gasteiger partial charge is 0.394 e. The molecule has 6 N–H and O–H groups in total. The van der Waals surface area contributed by atoms with E-state index in [9.17, 15) is 24.3 Å². The maximum Gasteiger partial charge on any atom is 0.259 e. The summed E-state index contributed by atoms with van der Waals surface area (Å²) in [5.74, 6) is -2.22. The highest BCUT2D eigenvalue weighted by molar-refractivity contribution is 7.12. The van der Waals surface area contributed by atoms with Crippen LogP contribution in [0.5, 0.6) is 0 Å². The molecule has 2 heterocycles. The Hall–Kier alpha value is -3.76. The molecule has 1 saturated heterocycles. The molecule has 4 amide bonds. The van der Waals surface area contributed by atoms with Gasteiger partial charge in [-0.15, -0.1) is 11.3 Å². The van der Waals surface area contributed by atoms with E-state index in [0.29, 0.717) is 48.2 Å². The Morgan fingerprint density at radius 1 is 1.09 bits per heavy atom. The van der Waals surface area contributed by atoms with Gasteiger partial charge in [0.1, 0.15) is 6.04 Å². The number of aliphatic hydroxyl groups is 1. The highest BCUT2D eigenvalue weighted by Crippen LogP contribution is 2.33. The van der Waals surface area contributed by atoms with Crippen molar-refractivity contribution in [1.82, 2.24) is 16.0 Å². The second-order valence-electron chi connectivity index (χ2n) is 11.8. The van der Waals surface area contributed by atoms with Crippen LogP contribution in [0, 0.1) is 18.8 Å². The van der Waals surface area contributed by atoms with Crippen molar-refractivity contribution in [2.45, 2.75) is 70.9 Å². The molecule has 0 spiro atoms. The number of primary amides is 1. The van der Waals surface area contributed by atoms with Crippen LogP contribution in [0.1, 0.15) is 71.8 Å². The molecule has 0 radical (unpaired) electrons. The first-order chi connectivity index (χ1) is 20.6. The molecule has 0 saturated carbocycles. The van der Waals surface area contributed by atoms with Crippen molar-refractivity contribution < 1.29 is 24.3 Å². The van der Waals surface area contributed by atoms with E-state index >= 15 is 0 Å². The summed E-state index contributed by atoms with van der Waals surface area (Å²) in [6, 6.07) is 12.5. The van der Waals surface area contributed by atoms with E-state index in [-0.39, 0.29) is 30.3 Å². The van der Waals surface area contributed by atoms with Crippen LogP contribution in [-0.2, 0) is 20.8 Å². The number of carbonyl (C=O) groups is 4. The van der Waals surface area contributed by atoms with Gasteiger partial charge < -0.3 is 26.8 Å². The summed E-state index contributed by atoms with van der Waals surface area (Å²) in [6.07, 6.45) is 2.62. The average molecular weight is 607 g/mol. The van der Waals surface area contributed by atoms with Crippen LogP contribution in [0.4, 0.5) is 0 Å². The Bertz CT molecular complexity index is 1460. The first-order valence-corrected chi connectivity index (χ1v) is 15.8.